The first-order chi connectivity index (χ1) is 14.5. The molecule has 0 unspecified atom stereocenters. The number of likely N-dealkylation sites (N-methyl/N-ethyl adjacent to an activating group) is 1. The minimum atomic E-state index is -0.189. The van der Waals surface area contributed by atoms with Crippen molar-refractivity contribution in [2.75, 3.05) is 33.3 Å². The number of hydrogen-bond donors (Lipinski definition) is 0. The fourth-order valence-corrected chi connectivity index (χ4v) is 3.72. The maximum atomic E-state index is 12.9. The molecule has 0 radical (unpaired) electrons. The number of nitrogens with zero attached hydrogens (tertiary/aromatic N) is 3. The van der Waals surface area contributed by atoms with Crippen LogP contribution >= 0.6 is 0 Å². The summed E-state index contributed by atoms with van der Waals surface area (Å²) in [4.78, 5) is 40.6. The first kappa shape index (κ1) is 21.6. The van der Waals surface area contributed by atoms with Crippen LogP contribution in [-0.2, 0) is 20.9 Å². The molecule has 2 amide bonds. The predicted octanol–water partition coefficient (Wildman–Crippen LogP) is 2.41. The van der Waals surface area contributed by atoms with Gasteiger partial charge in [-0.1, -0.05) is 30.3 Å². The summed E-state index contributed by atoms with van der Waals surface area (Å²) in [6, 6.07) is 13.5. The zero-order chi connectivity index (χ0) is 21.5. The number of rotatable bonds is 7. The van der Waals surface area contributed by atoms with Gasteiger partial charge in [0.2, 0.25) is 5.91 Å². The SMILES string of the molecule is CCOC(=O)C1CCN(C(=O)CN(C)C(=O)c2cccn2Cc2ccccc2)CC1. The number of carbonyl (C=O) groups is 3. The lowest BCUT2D eigenvalue weighted by Crippen LogP contribution is -2.45. The molecule has 2 heterocycles. The Morgan fingerprint density at radius 3 is 2.43 bits per heavy atom. The van der Waals surface area contributed by atoms with Crippen molar-refractivity contribution in [3.8, 4) is 0 Å². The minimum Gasteiger partial charge on any atom is -0.466 e. The van der Waals surface area contributed by atoms with E-state index in [-0.39, 0.29) is 30.2 Å². The van der Waals surface area contributed by atoms with E-state index in [9.17, 15) is 14.4 Å². The molecule has 0 saturated carbocycles. The van der Waals surface area contributed by atoms with Crippen molar-refractivity contribution in [3.63, 3.8) is 0 Å². The Morgan fingerprint density at radius 1 is 1.07 bits per heavy atom. The van der Waals surface area contributed by atoms with Crippen molar-refractivity contribution < 1.29 is 19.1 Å². The molecule has 1 aliphatic heterocycles. The van der Waals surface area contributed by atoms with Gasteiger partial charge in [0.1, 0.15) is 5.69 Å². The molecular weight excluding hydrogens is 382 g/mol. The average Bonchev–Trinajstić information content (AvgIpc) is 3.22. The molecule has 1 aromatic carbocycles. The molecule has 160 valence electrons. The Kier molecular flexibility index (Phi) is 7.27. The lowest BCUT2D eigenvalue weighted by atomic mass is 9.97. The van der Waals surface area contributed by atoms with Gasteiger partial charge in [-0.25, -0.2) is 0 Å². The van der Waals surface area contributed by atoms with Crippen LogP contribution in [0.25, 0.3) is 0 Å². The zero-order valence-electron chi connectivity index (χ0n) is 17.6. The van der Waals surface area contributed by atoms with Crippen LogP contribution in [0.3, 0.4) is 0 Å². The number of amides is 2. The van der Waals surface area contributed by atoms with E-state index in [0.29, 0.717) is 44.8 Å². The molecule has 0 aliphatic carbocycles. The molecule has 1 aliphatic rings. The number of likely N-dealkylation sites (tertiary alicyclic amines) is 1. The van der Waals surface area contributed by atoms with Gasteiger partial charge in [0.15, 0.2) is 0 Å². The number of piperidine rings is 1. The standard InChI is InChI=1S/C23H29N3O4/c1-3-30-23(29)19-11-14-25(15-12-19)21(27)17-24(2)22(28)20-10-7-13-26(20)16-18-8-5-4-6-9-18/h4-10,13,19H,3,11-12,14-17H2,1-2H3. The summed E-state index contributed by atoms with van der Waals surface area (Å²) < 4.78 is 6.96. The second kappa shape index (κ2) is 10.1. The zero-order valence-corrected chi connectivity index (χ0v) is 17.6. The number of carbonyl (C=O) groups excluding carboxylic acids is 3. The highest BCUT2D eigenvalue weighted by Gasteiger charge is 2.29. The van der Waals surface area contributed by atoms with Crippen molar-refractivity contribution in [3.05, 3.63) is 59.9 Å². The Hall–Kier alpha value is -3.09. The van der Waals surface area contributed by atoms with Crippen LogP contribution in [0.4, 0.5) is 0 Å². The normalized spacial score (nSPS) is 14.4. The summed E-state index contributed by atoms with van der Waals surface area (Å²) in [7, 11) is 1.64. The van der Waals surface area contributed by atoms with Crippen molar-refractivity contribution >= 4 is 17.8 Å². The molecule has 3 rings (SSSR count). The second-order valence-electron chi connectivity index (χ2n) is 7.58. The maximum Gasteiger partial charge on any atom is 0.309 e. The van der Waals surface area contributed by atoms with Gasteiger partial charge in [-0.2, -0.15) is 0 Å². The fourth-order valence-electron chi connectivity index (χ4n) is 3.72. The summed E-state index contributed by atoms with van der Waals surface area (Å²) >= 11 is 0. The summed E-state index contributed by atoms with van der Waals surface area (Å²) in [6.07, 6.45) is 3.07. The highest BCUT2D eigenvalue weighted by molar-refractivity contribution is 5.95. The van der Waals surface area contributed by atoms with E-state index < -0.39 is 0 Å². The van der Waals surface area contributed by atoms with Crippen LogP contribution in [0.5, 0.6) is 0 Å². The molecule has 30 heavy (non-hydrogen) atoms. The van der Waals surface area contributed by atoms with E-state index in [1.807, 2.05) is 47.2 Å². The first-order valence-corrected chi connectivity index (χ1v) is 10.4. The Bertz CT molecular complexity index is 870. The second-order valence-corrected chi connectivity index (χ2v) is 7.58. The summed E-state index contributed by atoms with van der Waals surface area (Å²) in [5.74, 6) is -0.620. The third-order valence-electron chi connectivity index (χ3n) is 5.43. The van der Waals surface area contributed by atoms with E-state index in [2.05, 4.69) is 0 Å². The summed E-state index contributed by atoms with van der Waals surface area (Å²) in [6.45, 7) is 3.79. The van der Waals surface area contributed by atoms with Crippen LogP contribution in [-0.4, -0.2) is 65.4 Å². The van der Waals surface area contributed by atoms with Gasteiger partial charge < -0.3 is 19.1 Å². The van der Waals surface area contributed by atoms with Gasteiger partial charge in [-0.05, 0) is 37.5 Å². The fraction of sp³-hybridized carbons (Fsp3) is 0.435. The highest BCUT2D eigenvalue weighted by atomic mass is 16.5. The Labute approximate surface area is 177 Å². The summed E-state index contributed by atoms with van der Waals surface area (Å²) in [5, 5.41) is 0. The van der Waals surface area contributed by atoms with Gasteiger partial charge in [0.05, 0.1) is 19.1 Å². The third kappa shape index (κ3) is 5.28. The van der Waals surface area contributed by atoms with Gasteiger partial charge >= 0.3 is 5.97 Å². The van der Waals surface area contributed by atoms with Gasteiger partial charge in [0.25, 0.3) is 5.91 Å². The van der Waals surface area contributed by atoms with E-state index in [1.165, 1.54) is 4.90 Å². The molecule has 1 fully saturated rings. The van der Waals surface area contributed by atoms with Crippen molar-refractivity contribution in [2.45, 2.75) is 26.3 Å². The molecule has 7 heteroatoms. The molecular formula is C23H29N3O4. The topological polar surface area (TPSA) is 71.8 Å². The van der Waals surface area contributed by atoms with Crippen molar-refractivity contribution in [1.29, 1.82) is 0 Å². The molecule has 7 nitrogen and oxygen atoms in total. The monoisotopic (exact) mass is 411 g/mol. The summed E-state index contributed by atoms with van der Waals surface area (Å²) in [5.41, 5.74) is 1.65. The van der Waals surface area contributed by atoms with Gasteiger partial charge in [0, 0.05) is 32.9 Å². The predicted molar refractivity (Wildman–Crippen MR) is 113 cm³/mol. The lowest BCUT2D eigenvalue weighted by molar-refractivity contribution is -0.151. The van der Waals surface area contributed by atoms with Crippen LogP contribution in [0.2, 0.25) is 0 Å². The number of aromatic nitrogens is 1. The average molecular weight is 412 g/mol. The number of hydrogen-bond acceptors (Lipinski definition) is 4. The minimum absolute atomic E-state index is 0.0133. The molecule has 1 aromatic heterocycles. The first-order valence-electron chi connectivity index (χ1n) is 10.4. The highest BCUT2D eigenvalue weighted by Crippen LogP contribution is 2.19. The van der Waals surface area contributed by atoms with Gasteiger partial charge in [-0.15, -0.1) is 0 Å². The van der Waals surface area contributed by atoms with Crippen LogP contribution in [0, 0.1) is 5.92 Å². The smallest absolute Gasteiger partial charge is 0.309 e. The number of ether oxygens (including phenoxy) is 1. The molecule has 0 spiro atoms. The van der Waals surface area contributed by atoms with E-state index in [4.69, 9.17) is 4.74 Å². The molecule has 0 atom stereocenters. The van der Waals surface area contributed by atoms with E-state index in [1.54, 1.807) is 24.9 Å². The quantitative estimate of drug-likeness (QED) is 0.656. The largest absolute Gasteiger partial charge is 0.466 e. The molecule has 0 N–H and O–H groups in total. The van der Waals surface area contributed by atoms with Crippen LogP contribution < -0.4 is 0 Å². The van der Waals surface area contributed by atoms with Crippen molar-refractivity contribution in [2.24, 2.45) is 5.92 Å². The Balaban J connectivity index is 1.54. The van der Waals surface area contributed by atoms with Gasteiger partial charge in [-0.3, -0.25) is 14.4 Å². The maximum absolute atomic E-state index is 12.9. The number of esters is 1. The molecule has 1 saturated heterocycles. The van der Waals surface area contributed by atoms with Crippen molar-refractivity contribution in [1.82, 2.24) is 14.4 Å². The van der Waals surface area contributed by atoms with Crippen LogP contribution in [0.15, 0.2) is 48.7 Å². The Morgan fingerprint density at radius 2 is 1.77 bits per heavy atom. The third-order valence-corrected chi connectivity index (χ3v) is 5.43. The lowest BCUT2D eigenvalue weighted by Gasteiger charge is -2.32. The molecule has 0 bridgehead atoms. The number of benzene rings is 1. The van der Waals surface area contributed by atoms with E-state index >= 15 is 0 Å². The van der Waals surface area contributed by atoms with Crippen LogP contribution in [0.1, 0.15) is 35.8 Å². The van der Waals surface area contributed by atoms with E-state index in [0.717, 1.165) is 5.56 Å². The molecule has 2 aromatic rings.